The Morgan fingerprint density at radius 1 is 0.974 bits per heavy atom. The molecule has 0 spiro atoms. The number of alkyl carbamates (subject to hydrolysis) is 1. The number of ether oxygens (including phenoxy) is 1. The molecule has 220 valence electrons. The third kappa shape index (κ3) is 15.9. The maximum atomic E-state index is 12.6. The third-order valence-electron chi connectivity index (χ3n) is 4.96. The van der Waals surface area contributed by atoms with Crippen molar-refractivity contribution in [3.05, 3.63) is 35.9 Å². The largest absolute Gasteiger partial charge is 0.490 e. The lowest BCUT2D eigenvalue weighted by Crippen LogP contribution is -2.56. The number of rotatable bonds is 13. The number of carbonyl (C=O) groups is 5. The van der Waals surface area contributed by atoms with Gasteiger partial charge in [-0.05, 0) is 37.7 Å². The molecule has 0 fully saturated rings. The number of nitrogens with one attached hydrogen (secondary N) is 3. The summed E-state index contributed by atoms with van der Waals surface area (Å²) in [6.07, 6.45) is -4.22. The maximum Gasteiger partial charge on any atom is 0.490 e. The molecular weight excluding hydrogens is 527 g/mol. The number of hydrogen-bond acceptors (Lipinski definition) is 7. The van der Waals surface area contributed by atoms with E-state index in [2.05, 4.69) is 16.0 Å². The van der Waals surface area contributed by atoms with Crippen LogP contribution in [0.15, 0.2) is 30.3 Å². The zero-order chi connectivity index (χ0) is 30.2. The lowest BCUT2D eigenvalue weighted by atomic mass is 10.0. The third-order valence-corrected chi connectivity index (χ3v) is 4.96. The van der Waals surface area contributed by atoms with Crippen LogP contribution in [0.25, 0.3) is 0 Å². The number of carbonyl (C=O) groups excluding carboxylic acids is 4. The number of primary amides is 1. The zero-order valence-corrected chi connectivity index (χ0v) is 21.9. The molecule has 0 aliphatic carbocycles. The molecule has 0 aromatic heterocycles. The molecule has 0 saturated carbocycles. The van der Waals surface area contributed by atoms with Crippen LogP contribution in [0.3, 0.4) is 0 Å². The Kier molecular flexibility index (Phi) is 15.8. The molecule has 0 saturated heterocycles. The number of hydrogen-bond donors (Lipinski definition) is 6. The number of halogens is 3. The average molecular weight is 564 g/mol. The summed E-state index contributed by atoms with van der Waals surface area (Å²) in [4.78, 5) is 56.8. The van der Waals surface area contributed by atoms with Gasteiger partial charge in [-0.25, -0.2) is 9.59 Å². The van der Waals surface area contributed by atoms with Gasteiger partial charge in [0, 0.05) is 6.54 Å². The molecule has 0 aliphatic rings. The van der Waals surface area contributed by atoms with Crippen LogP contribution in [0.4, 0.5) is 18.0 Å². The Morgan fingerprint density at radius 3 is 2.00 bits per heavy atom. The Labute approximate surface area is 224 Å². The molecule has 1 rings (SSSR count). The van der Waals surface area contributed by atoms with Crippen LogP contribution in [-0.4, -0.2) is 65.7 Å². The highest BCUT2D eigenvalue weighted by atomic mass is 19.4. The first-order chi connectivity index (χ1) is 18.1. The molecule has 0 bridgehead atoms. The van der Waals surface area contributed by atoms with E-state index in [4.69, 9.17) is 26.1 Å². The van der Waals surface area contributed by atoms with Crippen LogP contribution in [0.2, 0.25) is 0 Å². The summed E-state index contributed by atoms with van der Waals surface area (Å²) in [5.41, 5.74) is 11.8. The summed E-state index contributed by atoms with van der Waals surface area (Å²) >= 11 is 0. The van der Waals surface area contributed by atoms with Crippen molar-refractivity contribution in [2.75, 3.05) is 6.54 Å². The van der Waals surface area contributed by atoms with Crippen molar-refractivity contribution in [3.8, 4) is 0 Å². The zero-order valence-electron chi connectivity index (χ0n) is 21.9. The van der Waals surface area contributed by atoms with Gasteiger partial charge < -0.3 is 37.3 Å². The van der Waals surface area contributed by atoms with Crippen LogP contribution < -0.4 is 27.4 Å². The molecule has 39 heavy (non-hydrogen) atoms. The molecular formula is C24H36F3N5O7. The van der Waals surface area contributed by atoms with Crippen molar-refractivity contribution in [2.45, 2.75) is 70.9 Å². The Bertz CT molecular complexity index is 944. The van der Waals surface area contributed by atoms with E-state index in [1.807, 2.05) is 30.3 Å². The summed E-state index contributed by atoms with van der Waals surface area (Å²) in [5, 5.41) is 14.9. The summed E-state index contributed by atoms with van der Waals surface area (Å²) in [6.45, 7) is 5.59. The van der Waals surface area contributed by atoms with E-state index in [0.29, 0.717) is 25.8 Å². The highest BCUT2D eigenvalue weighted by Crippen LogP contribution is 2.13. The lowest BCUT2D eigenvalue weighted by Gasteiger charge is -2.25. The minimum Gasteiger partial charge on any atom is -0.475 e. The van der Waals surface area contributed by atoms with Gasteiger partial charge in [-0.15, -0.1) is 0 Å². The first-order valence-electron chi connectivity index (χ1n) is 12.0. The minimum absolute atomic E-state index is 0.180. The Balaban J connectivity index is 0.00000181. The van der Waals surface area contributed by atoms with Crippen LogP contribution in [-0.2, 0) is 30.5 Å². The molecule has 3 atom stereocenters. The van der Waals surface area contributed by atoms with E-state index in [-0.39, 0.29) is 12.5 Å². The summed E-state index contributed by atoms with van der Waals surface area (Å²) in [5.74, 6) is -4.60. The van der Waals surface area contributed by atoms with E-state index in [9.17, 15) is 32.3 Å². The van der Waals surface area contributed by atoms with E-state index in [1.165, 1.54) is 6.92 Å². The van der Waals surface area contributed by atoms with Gasteiger partial charge in [0.2, 0.25) is 17.7 Å². The van der Waals surface area contributed by atoms with Gasteiger partial charge in [0.15, 0.2) is 0 Å². The molecule has 15 heteroatoms. The first-order valence-corrected chi connectivity index (χ1v) is 12.0. The van der Waals surface area contributed by atoms with Gasteiger partial charge in [0.25, 0.3) is 0 Å². The summed E-state index contributed by atoms with van der Waals surface area (Å²) in [6, 6.07) is 6.83. The molecule has 0 aliphatic heterocycles. The van der Waals surface area contributed by atoms with E-state index in [1.54, 1.807) is 13.8 Å². The van der Waals surface area contributed by atoms with Crippen molar-refractivity contribution in [2.24, 2.45) is 17.4 Å². The van der Waals surface area contributed by atoms with Crippen molar-refractivity contribution in [1.82, 2.24) is 16.0 Å². The van der Waals surface area contributed by atoms with E-state index in [0.717, 1.165) is 5.56 Å². The van der Waals surface area contributed by atoms with Crippen molar-refractivity contribution < 1.29 is 47.0 Å². The van der Waals surface area contributed by atoms with Crippen molar-refractivity contribution in [3.63, 3.8) is 0 Å². The Hall–Kier alpha value is -3.88. The monoisotopic (exact) mass is 563 g/mol. The van der Waals surface area contributed by atoms with Gasteiger partial charge in [0.1, 0.15) is 18.7 Å². The van der Waals surface area contributed by atoms with Crippen LogP contribution >= 0.6 is 0 Å². The molecule has 1 aromatic rings. The topological polar surface area (TPSA) is 203 Å². The molecule has 0 heterocycles. The summed E-state index contributed by atoms with van der Waals surface area (Å²) in [7, 11) is 0. The average Bonchev–Trinajstić information content (AvgIpc) is 2.84. The van der Waals surface area contributed by atoms with Gasteiger partial charge in [-0.3, -0.25) is 14.4 Å². The number of carboxylic acids is 1. The van der Waals surface area contributed by atoms with Crippen LogP contribution in [0.5, 0.6) is 0 Å². The minimum atomic E-state index is -5.08. The smallest absolute Gasteiger partial charge is 0.475 e. The molecule has 12 nitrogen and oxygen atoms in total. The van der Waals surface area contributed by atoms with E-state index >= 15 is 0 Å². The normalized spacial score (nSPS) is 13.1. The predicted octanol–water partition coefficient (Wildman–Crippen LogP) is 1.17. The fraction of sp³-hybridized carbons (Fsp3) is 0.542. The summed E-state index contributed by atoms with van der Waals surface area (Å²) < 4.78 is 36.9. The number of nitrogens with two attached hydrogens (primary N) is 2. The van der Waals surface area contributed by atoms with Crippen LogP contribution in [0, 0.1) is 5.92 Å². The van der Waals surface area contributed by atoms with Crippen molar-refractivity contribution in [1.29, 1.82) is 0 Å². The quantitative estimate of drug-likeness (QED) is 0.192. The van der Waals surface area contributed by atoms with Gasteiger partial charge in [-0.1, -0.05) is 44.2 Å². The SMILES string of the molecule is CC(C)[C@H](NC(=O)[C@H](C)N)C(=O)N[C@@H](CCCCNC(=O)OCc1ccccc1)C(N)=O.O=C(O)C(F)(F)F. The number of unbranched alkanes of at least 4 members (excludes halogenated alkanes) is 1. The first kappa shape index (κ1) is 35.1. The second-order valence-electron chi connectivity index (χ2n) is 8.77. The highest BCUT2D eigenvalue weighted by molar-refractivity contribution is 5.92. The predicted molar refractivity (Wildman–Crippen MR) is 134 cm³/mol. The number of aliphatic carboxylic acids is 1. The van der Waals surface area contributed by atoms with Crippen molar-refractivity contribution >= 4 is 29.8 Å². The second kappa shape index (κ2) is 17.6. The van der Waals surface area contributed by atoms with Crippen LogP contribution in [0.1, 0.15) is 45.6 Å². The lowest BCUT2D eigenvalue weighted by molar-refractivity contribution is -0.192. The van der Waals surface area contributed by atoms with Gasteiger partial charge in [0.05, 0.1) is 6.04 Å². The fourth-order valence-electron chi connectivity index (χ4n) is 2.80. The van der Waals surface area contributed by atoms with E-state index < -0.39 is 54.1 Å². The molecule has 4 amide bonds. The number of benzene rings is 1. The molecule has 1 aromatic carbocycles. The highest BCUT2D eigenvalue weighted by Gasteiger charge is 2.38. The number of alkyl halides is 3. The fourth-order valence-corrected chi connectivity index (χ4v) is 2.80. The standard InChI is InChI=1S/C22H35N5O5.C2HF3O2/c1-14(2)18(27-20(29)15(3)23)21(30)26-17(19(24)28)11-7-8-12-25-22(31)32-13-16-9-5-4-6-10-16;3-2(4,5)1(6)7/h4-6,9-10,14-15,17-18H,7-8,11-13,23H2,1-3H3,(H2,24,28)(H,25,31)(H,26,30)(H,27,29);(H,6,7)/t15-,17-,18-;/m0./s1. The molecule has 8 N–H and O–H groups in total. The van der Waals surface area contributed by atoms with Gasteiger partial charge in [-0.2, -0.15) is 13.2 Å². The van der Waals surface area contributed by atoms with Gasteiger partial charge >= 0.3 is 18.2 Å². The molecule has 0 unspecified atom stereocenters. The number of carboxylic acid groups (broad SMARTS) is 1. The second-order valence-corrected chi connectivity index (χ2v) is 8.77. The number of amides is 4. The molecule has 0 radical (unpaired) electrons. The maximum absolute atomic E-state index is 12.6. The Morgan fingerprint density at radius 2 is 1.54 bits per heavy atom.